The summed E-state index contributed by atoms with van der Waals surface area (Å²) < 4.78 is 0. The Hall–Kier alpha value is -1.32. The first-order valence-electron chi connectivity index (χ1n) is 6.30. The van der Waals surface area contributed by atoms with Gasteiger partial charge in [0.2, 0.25) is 0 Å². The third-order valence-corrected chi connectivity index (χ3v) is 4.02. The summed E-state index contributed by atoms with van der Waals surface area (Å²) in [4.78, 5) is 3.65. The molecule has 96 valence electrons. The van der Waals surface area contributed by atoms with E-state index in [4.69, 9.17) is 5.73 Å². The largest absolute Gasteiger partial charge is 0.369 e. The summed E-state index contributed by atoms with van der Waals surface area (Å²) in [6.45, 7) is 3.06. The molecular weight excluding hydrogens is 240 g/mol. The fourth-order valence-corrected chi connectivity index (χ4v) is 2.85. The lowest BCUT2D eigenvalue weighted by Crippen LogP contribution is -2.20. The minimum absolute atomic E-state index is 0.118. The highest BCUT2D eigenvalue weighted by atomic mass is 32.1. The van der Waals surface area contributed by atoms with Gasteiger partial charge in [-0.1, -0.05) is 31.2 Å². The Bertz CT molecular complexity index is 479. The molecule has 0 aliphatic carbocycles. The Morgan fingerprint density at radius 3 is 2.67 bits per heavy atom. The molecule has 2 rings (SSSR count). The van der Waals surface area contributed by atoms with Gasteiger partial charge in [0, 0.05) is 23.7 Å². The van der Waals surface area contributed by atoms with Crippen molar-refractivity contribution in [2.24, 2.45) is 5.73 Å². The average Bonchev–Trinajstić information content (AvgIpc) is 2.90. The molecule has 2 aromatic rings. The van der Waals surface area contributed by atoms with Gasteiger partial charge in [-0.2, -0.15) is 0 Å². The number of hydrogen-bond donors (Lipinski definition) is 1. The Labute approximate surface area is 113 Å². The molecule has 1 atom stereocenters. The summed E-state index contributed by atoms with van der Waals surface area (Å²) in [5.74, 6) is 0. The Kier molecular flexibility index (Phi) is 4.39. The van der Waals surface area contributed by atoms with Crippen molar-refractivity contribution in [1.29, 1.82) is 0 Å². The molecule has 3 heteroatoms. The first-order valence-corrected chi connectivity index (χ1v) is 7.18. The van der Waals surface area contributed by atoms with E-state index in [1.165, 1.54) is 16.1 Å². The number of anilines is 1. The van der Waals surface area contributed by atoms with E-state index in [0.717, 1.165) is 13.0 Å². The Morgan fingerprint density at radius 2 is 2.00 bits per heavy atom. The van der Waals surface area contributed by atoms with Gasteiger partial charge in [0.15, 0.2) is 0 Å². The van der Waals surface area contributed by atoms with Crippen LogP contribution >= 0.6 is 11.3 Å². The minimum Gasteiger partial charge on any atom is -0.369 e. The molecule has 0 amide bonds. The Balaban J connectivity index is 2.21. The maximum Gasteiger partial charge on any atom is 0.0519 e. The van der Waals surface area contributed by atoms with Crippen molar-refractivity contribution in [1.82, 2.24) is 0 Å². The highest BCUT2D eigenvalue weighted by Crippen LogP contribution is 2.27. The molecule has 0 aliphatic rings. The first-order chi connectivity index (χ1) is 8.72. The van der Waals surface area contributed by atoms with Crippen LogP contribution < -0.4 is 10.6 Å². The molecule has 2 nitrogen and oxygen atoms in total. The molecule has 0 bridgehead atoms. The standard InChI is InChI=1S/C15H20N2S/c1-3-14(16)13-8-4-5-9-15(13)17(2)11-12-7-6-10-18-12/h4-10,14H,3,11,16H2,1-2H3/t14-/m0/s1. The summed E-state index contributed by atoms with van der Waals surface area (Å²) in [5.41, 5.74) is 8.65. The van der Waals surface area contributed by atoms with Crippen molar-refractivity contribution < 1.29 is 0 Å². The van der Waals surface area contributed by atoms with Crippen molar-refractivity contribution >= 4 is 17.0 Å². The molecule has 0 fully saturated rings. The van der Waals surface area contributed by atoms with Gasteiger partial charge < -0.3 is 10.6 Å². The number of thiophene rings is 1. The van der Waals surface area contributed by atoms with Gasteiger partial charge in [0.25, 0.3) is 0 Å². The van der Waals surface area contributed by atoms with Gasteiger partial charge in [-0.15, -0.1) is 11.3 Å². The molecule has 2 N–H and O–H groups in total. The van der Waals surface area contributed by atoms with Gasteiger partial charge in [-0.25, -0.2) is 0 Å². The van der Waals surface area contributed by atoms with Crippen LogP contribution in [0, 0.1) is 0 Å². The summed E-state index contributed by atoms with van der Waals surface area (Å²) in [6.07, 6.45) is 0.962. The van der Waals surface area contributed by atoms with E-state index in [1.807, 2.05) is 0 Å². The van der Waals surface area contributed by atoms with Crippen molar-refractivity contribution in [2.45, 2.75) is 25.9 Å². The monoisotopic (exact) mass is 260 g/mol. The van der Waals surface area contributed by atoms with E-state index < -0.39 is 0 Å². The van der Waals surface area contributed by atoms with Gasteiger partial charge in [-0.05, 0) is 29.5 Å². The van der Waals surface area contributed by atoms with E-state index in [0.29, 0.717) is 0 Å². The summed E-state index contributed by atoms with van der Waals surface area (Å²) >= 11 is 1.79. The molecule has 18 heavy (non-hydrogen) atoms. The van der Waals surface area contributed by atoms with Crippen LogP contribution in [0.2, 0.25) is 0 Å². The second-order valence-corrected chi connectivity index (χ2v) is 5.54. The minimum atomic E-state index is 0.118. The zero-order valence-corrected chi connectivity index (χ0v) is 11.8. The normalized spacial score (nSPS) is 12.4. The maximum absolute atomic E-state index is 6.18. The van der Waals surface area contributed by atoms with Crippen LogP contribution in [-0.2, 0) is 6.54 Å². The number of para-hydroxylation sites is 1. The average molecular weight is 260 g/mol. The SMILES string of the molecule is CC[C@H](N)c1ccccc1N(C)Cc1cccs1. The van der Waals surface area contributed by atoms with Crippen molar-refractivity contribution in [3.05, 3.63) is 52.2 Å². The van der Waals surface area contributed by atoms with Gasteiger partial charge >= 0.3 is 0 Å². The van der Waals surface area contributed by atoms with E-state index in [-0.39, 0.29) is 6.04 Å². The van der Waals surface area contributed by atoms with Gasteiger partial charge in [-0.3, -0.25) is 0 Å². The number of nitrogens with zero attached hydrogens (tertiary/aromatic N) is 1. The second-order valence-electron chi connectivity index (χ2n) is 4.51. The van der Waals surface area contributed by atoms with E-state index in [1.54, 1.807) is 11.3 Å². The van der Waals surface area contributed by atoms with Crippen molar-refractivity contribution in [3.63, 3.8) is 0 Å². The number of hydrogen-bond acceptors (Lipinski definition) is 3. The summed E-state index contributed by atoms with van der Waals surface area (Å²) in [6, 6.07) is 12.8. The molecule has 0 spiro atoms. The molecule has 1 heterocycles. The molecule has 1 aromatic carbocycles. The fraction of sp³-hybridized carbons (Fsp3) is 0.333. The third kappa shape index (κ3) is 2.92. The lowest BCUT2D eigenvalue weighted by atomic mass is 10.0. The van der Waals surface area contributed by atoms with Gasteiger partial charge in [0.1, 0.15) is 0 Å². The Morgan fingerprint density at radius 1 is 1.22 bits per heavy atom. The van der Waals surface area contributed by atoms with Crippen molar-refractivity contribution in [2.75, 3.05) is 11.9 Å². The number of rotatable bonds is 5. The van der Waals surface area contributed by atoms with Crippen LogP contribution in [0.3, 0.4) is 0 Å². The van der Waals surface area contributed by atoms with E-state index in [2.05, 4.69) is 60.6 Å². The van der Waals surface area contributed by atoms with Crippen LogP contribution in [0.25, 0.3) is 0 Å². The smallest absolute Gasteiger partial charge is 0.0519 e. The molecule has 0 saturated carbocycles. The molecule has 0 saturated heterocycles. The molecule has 0 unspecified atom stereocenters. The zero-order chi connectivity index (χ0) is 13.0. The molecular formula is C15H20N2S. The molecule has 0 radical (unpaired) electrons. The van der Waals surface area contributed by atoms with Crippen LogP contribution in [0.5, 0.6) is 0 Å². The van der Waals surface area contributed by atoms with Crippen LogP contribution in [0.1, 0.15) is 29.8 Å². The second kappa shape index (κ2) is 6.03. The third-order valence-electron chi connectivity index (χ3n) is 3.16. The predicted molar refractivity (Wildman–Crippen MR) is 80.1 cm³/mol. The fourth-order valence-electron chi connectivity index (χ4n) is 2.09. The predicted octanol–water partition coefficient (Wildman–Crippen LogP) is 3.79. The van der Waals surface area contributed by atoms with E-state index >= 15 is 0 Å². The topological polar surface area (TPSA) is 29.3 Å². The summed E-state index contributed by atoms with van der Waals surface area (Å²) in [5, 5.41) is 2.12. The van der Waals surface area contributed by atoms with E-state index in [9.17, 15) is 0 Å². The highest BCUT2D eigenvalue weighted by Gasteiger charge is 2.12. The summed E-state index contributed by atoms with van der Waals surface area (Å²) in [7, 11) is 2.13. The quantitative estimate of drug-likeness (QED) is 0.886. The van der Waals surface area contributed by atoms with Crippen LogP contribution in [-0.4, -0.2) is 7.05 Å². The molecule has 0 aliphatic heterocycles. The van der Waals surface area contributed by atoms with Crippen molar-refractivity contribution in [3.8, 4) is 0 Å². The number of benzene rings is 1. The molecule has 1 aromatic heterocycles. The van der Waals surface area contributed by atoms with Crippen LogP contribution in [0.15, 0.2) is 41.8 Å². The number of nitrogens with two attached hydrogens (primary N) is 1. The first kappa shape index (κ1) is 13.1. The lowest BCUT2D eigenvalue weighted by molar-refractivity contribution is 0.694. The highest BCUT2D eigenvalue weighted by molar-refractivity contribution is 7.09. The maximum atomic E-state index is 6.18. The van der Waals surface area contributed by atoms with Gasteiger partial charge in [0.05, 0.1) is 6.54 Å². The lowest BCUT2D eigenvalue weighted by Gasteiger charge is -2.24. The van der Waals surface area contributed by atoms with Crippen LogP contribution in [0.4, 0.5) is 5.69 Å². The zero-order valence-electron chi connectivity index (χ0n) is 11.0.